The van der Waals surface area contributed by atoms with E-state index in [-0.39, 0.29) is 42.5 Å². The highest BCUT2D eigenvalue weighted by molar-refractivity contribution is 8.06. The first-order valence-corrected chi connectivity index (χ1v) is 16.4. The van der Waals surface area contributed by atoms with Crippen molar-refractivity contribution < 1.29 is 34.4 Å². The van der Waals surface area contributed by atoms with Crippen molar-refractivity contribution in [3.8, 4) is 0 Å². The fourth-order valence-corrected chi connectivity index (χ4v) is 7.76. The van der Waals surface area contributed by atoms with Gasteiger partial charge in [-0.2, -0.15) is 21.5 Å². The predicted molar refractivity (Wildman–Crippen MR) is 169 cm³/mol. The molecule has 2 aromatic heterocycles. The van der Waals surface area contributed by atoms with Crippen LogP contribution in [0.5, 0.6) is 0 Å². The molecule has 0 aromatic carbocycles. The Hall–Kier alpha value is -3.58. The topological polar surface area (TPSA) is 172 Å². The number of carboxylic acids is 1. The van der Waals surface area contributed by atoms with Crippen LogP contribution >= 0.6 is 11.8 Å². The molecule has 6 heterocycles. The summed E-state index contributed by atoms with van der Waals surface area (Å²) in [5.74, 6) is -1.48. The fraction of sp³-hybridized carbons (Fsp3) is 0.485. The highest BCUT2D eigenvalue weighted by Crippen LogP contribution is 2.46. The van der Waals surface area contributed by atoms with E-state index in [0.29, 0.717) is 36.5 Å². The Morgan fingerprint density at radius 1 is 1.09 bits per heavy atom. The lowest BCUT2D eigenvalue weighted by Gasteiger charge is -2.12. The van der Waals surface area contributed by atoms with E-state index >= 15 is 0 Å². The molecule has 4 aliphatic heterocycles. The number of allylic oxidation sites excluding steroid dienone is 1. The van der Waals surface area contributed by atoms with Crippen LogP contribution in [0.3, 0.4) is 0 Å². The maximum Gasteiger partial charge on any atom is 0.338 e. The highest BCUT2D eigenvalue weighted by Gasteiger charge is 2.47. The second-order valence-electron chi connectivity index (χ2n) is 12.6. The number of hydrogen-bond acceptors (Lipinski definition) is 7. The summed E-state index contributed by atoms with van der Waals surface area (Å²) < 4.78 is 0. The van der Waals surface area contributed by atoms with E-state index in [2.05, 4.69) is 27.2 Å². The van der Waals surface area contributed by atoms with Crippen LogP contribution in [-0.4, -0.2) is 61.0 Å². The van der Waals surface area contributed by atoms with Gasteiger partial charge >= 0.3 is 11.9 Å². The van der Waals surface area contributed by atoms with Crippen LogP contribution in [0.25, 0.3) is 6.08 Å². The van der Waals surface area contributed by atoms with Gasteiger partial charge in [-0.3, -0.25) is 14.4 Å². The number of aliphatic hydroxyl groups is 1. The number of carboxylic acid groups (broad SMARTS) is 1. The van der Waals surface area contributed by atoms with Gasteiger partial charge in [0.25, 0.3) is 5.91 Å². The summed E-state index contributed by atoms with van der Waals surface area (Å²) in [6, 6.07) is -0.189. The standard InChI is InChI=1S/C33H40N4O7S/c1-6-19-15(2)24(36-32(19)41)11-22-16(3)20(7-8-29(38)39)25(34-22)13-26-21(9-10-33(42)43-44-33)17(4)23(35-26)12-27-30(28-14-45-28)18(5)31(40)37-27/h6,12,18,24,28,30,34-35,42H,1,7-11,13-14H2,2-5H3,(H,36,41)(H,37,40)(H,38,39)/b27-12-/t18-,24-,28-,30-/m1/s1. The van der Waals surface area contributed by atoms with E-state index in [0.717, 1.165) is 62.1 Å². The summed E-state index contributed by atoms with van der Waals surface area (Å²) in [4.78, 5) is 53.4. The molecule has 12 heteroatoms. The number of amides is 2. The molecule has 0 aliphatic carbocycles. The molecule has 0 spiro atoms. The van der Waals surface area contributed by atoms with E-state index < -0.39 is 11.9 Å². The molecule has 240 valence electrons. The highest BCUT2D eigenvalue weighted by atomic mass is 32.2. The van der Waals surface area contributed by atoms with Gasteiger partial charge in [0.1, 0.15) is 0 Å². The maximum absolute atomic E-state index is 12.6. The van der Waals surface area contributed by atoms with Crippen LogP contribution in [0, 0.1) is 25.7 Å². The summed E-state index contributed by atoms with van der Waals surface area (Å²) in [5, 5.41) is 26.3. The van der Waals surface area contributed by atoms with E-state index in [1.165, 1.54) is 0 Å². The number of H-pyrrole nitrogens is 2. The Morgan fingerprint density at radius 3 is 2.40 bits per heavy atom. The average Bonchev–Trinajstić information content (AvgIpc) is 3.86. The molecule has 4 atom stereocenters. The molecule has 0 unspecified atom stereocenters. The van der Waals surface area contributed by atoms with Crippen LogP contribution < -0.4 is 10.6 Å². The third kappa shape index (κ3) is 6.29. The Balaban J connectivity index is 1.35. The van der Waals surface area contributed by atoms with Crippen molar-refractivity contribution in [1.82, 2.24) is 20.6 Å². The second-order valence-corrected chi connectivity index (χ2v) is 13.8. The number of thioether (sulfide) groups is 1. The number of aromatic amines is 2. The largest absolute Gasteiger partial charge is 0.481 e. The van der Waals surface area contributed by atoms with Gasteiger partial charge < -0.3 is 30.8 Å². The molecule has 45 heavy (non-hydrogen) atoms. The van der Waals surface area contributed by atoms with Gasteiger partial charge in [-0.1, -0.05) is 19.6 Å². The van der Waals surface area contributed by atoms with E-state index in [1.54, 1.807) is 6.08 Å². The molecule has 2 aromatic rings. The molecular weight excluding hydrogens is 596 g/mol. The SMILES string of the molecule is C=CC1=C(C)[C@@H](Cc2[nH]c(Cc3[nH]c(/C=C4\NC(=O)[C@H](C)[C@H]4[C@H]4CS4)c(C)c3CCC3(O)OO3)c(CCC(=O)O)c2C)NC1=O. The van der Waals surface area contributed by atoms with Gasteiger partial charge in [-0.15, -0.1) is 0 Å². The van der Waals surface area contributed by atoms with Crippen LogP contribution in [0.4, 0.5) is 0 Å². The molecular formula is C33H40N4O7S. The van der Waals surface area contributed by atoms with Crippen molar-refractivity contribution >= 4 is 35.6 Å². The minimum atomic E-state index is -1.59. The third-order valence-corrected chi connectivity index (χ3v) is 10.7. The average molecular weight is 637 g/mol. The molecule has 6 N–H and O–H groups in total. The third-order valence-electron chi connectivity index (χ3n) is 9.74. The van der Waals surface area contributed by atoms with Gasteiger partial charge in [0, 0.05) is 82.6 Å². The molecule has 6 rings (SSSR count). The van der Waals surface area contributed by atoms with Crippen molar-refractivity contribution in [3.63, 3.8) is 0 Å². The van der Waals surface area contributed by atoms with Crippen LogP contribution in [-0.2, 0) is 49.8 Å². The van der Waals surface area contributed by atoms with E-state index in [1.807, 2.05) is 45.5 Å². The first-order valence-electron chi connectivity index (χ1n) is 15.4. The van der Waals surface area contributed by atoms with Crippen molar-refractivity contribution in [3.05, 3.63) is 74.5 Å². The molecule has 0 saturated carbocycles. The summed E-state index contributed by atoms with van der Waals surface area (Å²) in [6.07, 6.45) is 5.67. The van der Waals surface area contributed by atoms with Gasteiger partial charge in [-0.25, -0.2) is 0 Å². The van der Waals surface area contributed by atoms with Crippen molar-refractivity contribution in [1.29, 1.82) is 0 Å². The monoisotopic (exact) mass is 636 g/mol. The molecule has 0 bridgehead atoms. The van der Waals surface area contributed by atoms with Crippen LogP contribution in [0.15, 0.2) is 29.5 Å². The van der Waals surface area contributed by atoms with E-state index in [9.17, 15) is 24.6 Å². The second kappa shape index (κ2) is 12.0. The molecule has 3 saturated heterocycles. The molecule has 11 nitrogen and oxygen atoms in total. The van der Waals surface area contributed by atoms with Crippen molar-refractivity contribution in [2.45, 2.75) is 83.5 Å². The zero-order chi connectivity index (χ0) is 32.2. The predicted octanol–water partition coefficient (Wildman–Crippen LogP) is 3.49. The van der Waals surface area contributed by atoms with Gasteiger partial charge in [0.15, 0.2) is 0 Å². The molecule has 0 radical (unpaired) electrons. The Labute approximate surface area is 265 Å². The number of carbonyl (C=O) groups excluding carboxylic acids is 2. The summed E-state index contributed by atoms with van der Waals surface area (Å²) in [5.41, 5.74) is 9.98. The molecule has 2 amide bonds. The maximum atomic E-state index is 12.6. The Kier molecular flexibility index (Phi) is 8.36. The number of carbonyl (C=O) groups is 3. The minimum absolute atomic E-state index is 0.0149. The quantitative estimate of drug-likeness (QED) is 0.143. The zero-order valence-electron chi connectivity index (χ0n) is 26.0. The molecule has 3 fully saturated rings. The zero-order valence-corrected chi connectivity index (χ0v) is 26.8. The Morgan fingerprint density at radius 2 is 1.78 bits per heavy atom. The lowest BCUT2D eigenvalue weighted by Crippen LogP contribution is -2.30. The number of rotatable bonds is 13. The summed E-state index contributed by atoms with van der Waals surface area (Å²) in [7, 11) is 0. The Bertz CT molecular complexity index is 1640. The van der Waals surface area contributed by atoms with Gasteiger partial charge in [0.05, 0.1) is 6.04 Å². The first-order chi connectivity index (χ1) is 21.4. The summed E-state index contributed by atoms with van der Waals surface area (Å²) in [6.45, 7) is 11.7. The lowest BCUT2D eigenvalue weighted by atomic mass is 9.91. The number of aliphatic carboxylic acids is 1. The molecule has 4 aliphatic rings. The van der Waals surface area contributed by atoms with Crippen molar-refractivity contribution in [2.75, 3.05) is 5.75 Å². The normalized spacial score (nSPS) is 26.0. The number of hydrogen-bond donors (Lipinski definition) is 6. The fourth-order valence-electron chi connectivity index (χ4n) is 6.85. The van der Waals surface area contributed by atoms with Crippen LogP contribution in [0.2, 0.25) is 0 Å². The van der Waals surface area contributed by atoms with Gasteiger partial charge in [0.2, 0.25) is 5.91 Å². The minimum Gasteiger partial charge on any atom is -0.481 e. The first kappa shape index (κ1) is 31.4. The van der Waals surface area contributed by atoms with E-state index in [4.69, 9.17) is 9.78 Å². The number of nitrogens with one attached hydrogen (secondary N) is 4. The lowest BCUT2D eigenvalue weighted by molar-refractivity contribution is -0.137. The van der Waals surface area contributed by atoms with Gasteiger partial charge in [-0.05, 0) is 67.5 Å². The number of aromatic nitrogens is 2. The summed E-state index contributed by atoms with van der Waals surface area (Å²) >= 11 is 1.87. The van der Waals surface area contributed by atoms with Crippen molar-refractivity contribution in [2.24, 2.45) is 11.8 Å². The smallest absolute Gasteiger partial charge is 0.338 e. The van der Waals surface area contributed by atoms with Crippen LogP contribution in [0.1, 0.15) is 71.7 Å².